The van der Waals surface area contributed by atoms with Gasteiger partial charge in [0.25, 0.3) is 5.56 Å². The molecule has 0 amide bonds. The maximum atomic E-state index is 13.9. The first-order valence-corrected chi connectivity index (χ1v) is 13.5. The summed E-state index contributed by atoms with van der Waals surface area (Å²) in [6, 6.07) is 11.3. The molecule has 202 valence electrons. The number of ether oxygens (including phenoxy) is 1. The number of carbonyl (C=O) groups excluding carboxylic acids is 1. The maximum Gasteiger partial charge on any atom is 0.260 e. The molecule has 1 N–H and O–H groups in total. The second kappa shape index (κ2) is 11.2. The fourth-order valence-electron chi connectivity index (χ4n) is 4.86. The summed E-state index contributed by atoms with van der Waals surface area (Å²) in [7, 11) is 0. The van der Waals surface area contributed by atoms with E-state index in [0.717, 1.165) is 24.0 Å². The van der Waals surface area contributed by atoms with Gasteiger partial charge in [-0.3, -0.25) is 19.1 Å². The highest BCUT2D eigenvalue weighted by atomic mass is 35.5. The van der Waals surface area contributed by atoms with Gasteiger partial charge in [-0.15, -0.1) is 0 Å². The number of Topliss-reactive ketones (excluding diaryl/α,β-unsaturated/α-hetero) is 1. The molecule has 0 bridgehead atoms. The van der Waals surface area contributed by atoms with Gasteiger partial charge in [-0.1, -0.05) is 50.6 Å². The largest absolute Gasteiger partial charge is 0.381 e. The molecule has 9 heteroatoms. The molecule has 0 saturated carbocycles. The van der Waals surface area contributed by atoms with Crippen LogP contribution in [0.5, 0.6) is 0 Å². The molecule has 3 aromatic heterocycles. The van der Waals surface area contributed by atoms with Crippen LogP contribution >= 0.6 is 11.6 Å². The first-order valence-electron chi connectivity index (χ1n) is 13.1. The van der Waals surface area contributed by atoms with Crippen molar-refractivity contribution in [2.45, 2.75) is 52.6 Å². The minimum Gasteiger partial charge on any atom is -0.381 e. The SMILES string of the molecule is CC(C)(C)CC(=O)Cn1c(=O)c(-c2ccc(-c3cccnc3)cc2Cl)cc2cnc(NC3CCOCC3)nc21. The molecular weight excluding hydrogens is 514 g/mol. The Morgan fingerprint density at radius 2 is 1.90 bits per heavy atom. The van der Waals surface area contributed by atoms with Crippen LogP contribution in [-0.2, 0) is 16.1 Å². The van der Waals surface area contributed by atoms with Gasteiger partial charge >= 0.3 is 0 Å². The van der Waals surface area contributed by atoms with E-state index in [0.29, 0.717) is 52.8 Å². The molecule has 0 unspecified atom stereocenters. The van der Waals surface area contributed by atoms with E-state index < -0.39 is 0 Å². The van der Waals surface area contributed by atoms with E-state index in [4.69, 9.17) is 21.3 Å². The Balaban J connectivity index is 1.59. The van der Waals surface area contributed by atoms with E-state index in [1.807, 2.05) is 51.1 Å². The second-order valence-electron chi connectivity index (χ2n) is 11.2. The molecule has 0 atom stereocenters. The van der Waals surface area contributed by atoms with E-state index in [-0.39, 0.29) is 29.3 Å². The zero-order valence-electron chi connectivity index (χ0n) is 22.4. The van der Waals surface area contributed by atoms with Gasteiger partial charge in [0.1, 0.15) is 5.65 Å². The molecule has 1 aromatic carbocycles. The number of hydrogen-bond acceptors (Lipinski definition) is 7. The summed E-state index contributed by atoms with van der Waals surface area (Å²) in [4.78, 5) is 40.4. The Hall–Kier alpha value is -3.62. The van der Waals surface area contributed by atoms with Crippen molar-refractivity contribution in [3.05, 3.63) is 70.4 Å². The van der Waals surface area contributed by atoms with Crippen LogP contribution in [0.1, 0.15) is 40.0 Å². The van der Waals surface area contributed by atoms with Crippen molar-refractivity contribution < 1.29 is 9.53 Å². The molecule has 1 aliphatic rings. The molecule has 8 nitrogen and oxygen atoms in total. The monoisotopic (exact) mass is 545 g/mol. The van der Waals surface area contributed by atoms with Crippen molar-refractivity contribution in [3.8, 4) is 22.3 Å². The number of hydrogen-bond donors (Lipinski definition) is 1. The van der Waals surface area contributed by atoms with Crippen molar-refractivity contribution in [1.29, 1.82) is 0 Å². The minimum absolute atomic E-state index is 0.0429. The van der Waals surface area contributed by atoms with Crippen LogP contribution in [0, 0.1) is 5.41 Å². The fraction of sp³-hybridized carbons (Fsp3) is 0.367. The van der Waals surface area contributed by atoms with Crippen LogP contribution in [0.3, 0.4) is 0 Å². The van der Waals surface area contributed by atoms with Crippen LogP contribution < -0.4 is 10.9 Å². The topological polar surface area (TPSA) is 99.0 Å². The van der Waals surface area contributed by atoms with E-state index in [9.17, 15) is 9.59 Å². The van der Waals surface area contributed by atoms with E-state index in [1.54, 1.807) is 24.7 Å². The van der Waals surface area contributed by atoms with Crippen molar-refractivity contribution in [3.63, 3.8) is 0 Å². The number of pyridine rings is 2. The third-order valence-electron chi connectivity index (χ3n) is 6.70. The van der Waals surface area contributed by atoms with Gasteiger partial charge in [-0.2, -0.15) is 4.98 Å². The van der Waals surface area contributed by atoms with Gasteiger partial charge in [0.2, 0.25) is 5.95 Å². The van der Waals surface area contributed by atoms with E-state index in [2.05, 4.69) is 15.3 Å². The lowest BCUT2D eigenvalue weighted by Crippen LogP contribution is -2.30. The first-order chi connectivity index (χ1) is 18.7. The fourth-order valence-corrected chi connectivity index (χ4v) is 5.15. The number of carbonyl (C=O) groups is 1. The molecule has 0 radical (unpaired) electrons. The number of aromatic nitrogens is 4. The average molecular weight is 546 g/mol. The summed E-state index contributed by atoms with van der Waals surface area (Å²) in [6.07, 6.45) is 7.21. The highest BCUT2D eigenvalue weighted by Gasteiger charge is 2.22. The number of rotatable bonds is 7. The number of benzene rings is 1. The van der Waals surface area contributed by atoms with Gasteiger partial charge in [0, 0.05) is 71.4 Å². The summed E-state index contributed by atoms with van der Waals surface area (Å²) in [5.74, 6) is 0.385. The third kappa shape index (κ3) is 6.34. The molecule has 4 aromatic rings. The van der Waals surface area contributed by atoms with Gasteiger partial charge < -0.3 is 10.1 Å². The van der Waals surface area contributed by atoms with Gasteiger partial charge in [0.05, 0.1) is 6.54 Å². The number of nitrogens with one attached hydrogen (secondary N) is 1. The van der Waals surface area contributed by atoms with Crippen LogP contribution in [0.4, 0.5) is 5.95 Å². The number of halogens is 1. The lowest BCUT2D eigenvalue weighted by Gasteiger charge is -2.23. The second-order valence-corrected chi connectivity index (χ2v) is 11.6. The molecular formula is C30H32ClN5O3. The minimum atomic E-state index is -0.323. The molecule has 39 heavy (non-hydrogen) atoms. The maximum absolute atomic E-state index is 13.9. The van der Waals surface area contributed by atoms with Crippen LogP contribution in [0.25, 0.3) is 33.3 Å². The van der Waals surface area contributed by atoms with E-state index in [1.165, 1.54) is 4.57 Å². The first kappa shape index (κ1) is 27.0. The van der Waals surface area contributed by atoms with Crippen molar-refractivity contribution in [2.24, 2.45) is 5.41 Å². The summed E-state index contributed by atoms with van der Waals surface area (Å²) >= 11 is 6.73. The summed E-state index contributed by atoms with van der Waals surface area (Å²) in [6.45, 7) is 7.29. The van der Waals surface area contributed by atoms with Gasteiger partial charge in [0.15, 0.2) is 5.78 Å². The molecule has 0 spiro atoms. The zero-order valence-corrected chi connectivity index (χ0v) is 23.2. The van der Waals surface area contributed by atoms with Gasteiger partial charge in [-0.25, -0.2) is 4.98 Å². The average Bonchev–Trinajstić information content (AvgIpc) is 2.90. The zero-order chi connectivity index (χ0) is 27.6. The van der Waals surface area contributed by atoms with Crippen molar-refractivity contribution in [1.82, 2.24) is 19.5 Å². The normalized spacial score (nSPS) is 14.5. The summed E-state index contributed by atoms with van der Waals surface area (Å²) < 4.78 is 6.90. The Bertz CT molecular complexity index is 1560. The van der Waals surface area contributed by atoms with Crippen molar-refractivity contribution in [2.75, 3.05) is 18.5 Å². The molecule has 4 heterocycles. The predicted octanol–water partition coefficient (Wildman–Crippen LogP) is 5.77. The Labute approximate surface area is 232 Å². The Morgan fingerprint density at radius 1 is 1.10 bits per heavy atom. The number of fused-ring (bicyclic) bond motifs is 1. The summed E-state index contributed by atoms with van der Waals surface area (Å²) in [5.41, 5.74) is 2.68. The van der Waals surface area contributed by atoms with Crippen LogP contribution in [0.15, 0.2) is 59.8 Å². The lowest BCUT2D eigenvalue weighted by atomic mass is 9.90. The molecule has 1 aliphatic heterocycles. The Kier molecular flexibility index (Phi) is 7.77. The van der Waals surface area contributed by atoms with E-state index >= 15 is 0 Å². The van der Waals surface area contributed by atoms with Crippen molar-refractivity contribution >= 4 is 34.4 Å². The molecule has 0 aliphatic carbocycles. The van der Waals surface area contributed by atoms with Crippen LogP contribution in [0.2, 0.25) is 5.02 Å². The number of nitrogens with zero attached hydrogens (tertiary/aromatic N) is 4. The lowest BCUT2D eigenvalue weighted by molar-refractivity contribution is -0.121. The third-order valence-corrected chi connectivity index (χ3v) is 7.01. The highest BCUT2D eigenvalue weighted by molar-refractivity contribution is 6.33. The van der Waals surface area contributed by atoms with Gasteiger partial charge in [-0.05, 0) is 42.0 Å². The number of anilines is 1. The quantitative estimate of drug-likeness (QED) is 0.315. The summed E-state index contributed by atoms with van der Waals surface area (Å²) in [5, 5.41) is 4.44. The smallest absolute Gasteiger partial charge is 0.260 e. The molecule has 5 rings (SSSR count). The van der Waals surface area contributed by atoms with Crippen LogP contribution in [-0.4, -0.2) is 44.6 Å². The standard InChI is InChI=1S/C30H32ClN5O3/c1-30(2,3)15-23(37)18-36-27-21(17-33-29(35-27)34-22-8-11-39-12-9-22)13-25(28(36)38)24-7-6-19(14-26(24)31)20-5-4-10-32-16-20/h4-7,10,13-14,16-17,22H,8-9,11-12,15,18H2,1-3H3,(H,33,34,35). The molecule has 1 saturated heterocycles. The Morgan fingerprint density at radius 3 is 2.59 bits per heavy atom. The highest BCUT2D eigenvalue weighted by Crippen LogP contribution is 2.32. The predicted molar refractivity (Wildman–Crippen MR) is 154 cm³/mol. The molecule has 1 fully saturated rings. The number of ketones is 1.